The smallest absolute Gasteiger partial charge is 0.321 e. The second-order valence-corrected chi connectivity index (χ2v) is 12.8. The fourth-order valence-electron chi connectivity index (χ4n) is 4.37. The van der Waals surface area contributed by atoms with Gasteiger partial charge in [-0.2, -0.15) is 0 Å². The van der Waals surface area contributed by atoms with Crippen LogP contribution in [0.4, 0.5) is 16.2 Å². The third kappa shape index (κ3) is 7.10. The van der Waals surface area contributed by atoms with Gasteiger partial charge in [-0.3, -0.25) is 9.52 Å². The summed E-state index contributed by atoms with van der Waals surface area (Å²) in [7, 11) is -0.620. The van der Waals surface area contributed by atoms with Crippen molar-refractivity contribution in [2.75, 3.05) is 43.9 Å². The Kier molecular flexibility index (Phi) is 9.41. The Balaban J connectivity index is 1.58. The Hall–Kier alpha value is -3.81. The van der Waals surface area contributed by atoms with Gasteiger partial charge in [0, 0.05) is 30.9 Å². The number of sulfonamides is 1. The third-order valence-electron chi connectivity index (χ3n) is 6.82. The van der Waals surface area contributed by atoms with Gasteiger partial charge in [-0.25, -0.2) is 13.2 Å². The van der Waals surface area contributed by atoms with Gasteiger partial charge in [0.2, 0.25) is 0 Å². The summed E-state index contributed by atoms with van der Waals surface area (Å²) in [5.41, 5.74) is 0.955. The Morgan fingerprint density at radius 3 is 2.56 bits per heavy atom. The van der Waals surface area contributed by atoms with Crippen molar-refractivity contribution in [3.05, 3.63) is 65.5 Å². The molecular formula is C28H34N4O7S2. The zero-order valence-electron chi connectivity index (χ0n) is 23.2. The maximum atomic E-state index is 13.6. The number of fused-ring (bicyclic) bond motifs is 1. The van der Waals surface area contributed by atoms with E-state index in [0.29, 0.717) is 11.4 Å². The molecule has 0 saturated heterocycles. The van der Waals surface area contributed by atoms with Crippen LogP contribution in [-0.4, -0.2) is 81.3 Å². The van der Waals surface area contributed by atoms with Crippen LogP contribution in [0.5, 0.6) is 11.5 Å². The van der Waals surface area contributed by atoms with Crippen LogP contribution in [0.15, 0.2) is 64.2 Å². The average Bonchev–Trinajstić information content (AvgIpc) is 3.51. The first-order valence-corrected chi connectivity index (χ1v) is 15.3. The zero-order valence-corrected chi connectivity index (χ0v) is 24.9. The first-order chi connectivity index (χ1) is 19.5. The molecule has 2 aromatic carbocycles. The molecule has 41 heavy (non-hydrogen) atoms. The van der Waals surface area contributed by atoms with Crippen LogP contribution in [0.3, 0.4) is 0 Å². The molecule has 2 heterocycles. The Morgan fingerprint density at radius 1 is 1.22 bits per heavy atom. The highest BCUT2D eigenvalue weighted by Gasteiger charge is 2.34. The van der Waals surface area contributed by atoms with Gasteiger partial charge in [-0.05, 0) is 60.8 Å². The fraction of sp³-hybridized carbons (Fsp3) is 0.357. The molecule has 3 atom stereocenters. The van der Waals surface area contributed by atoms with E-state index in [1.165, 1.54) is 23.1 Å². The number of nitrogens with zero attached hydrogens (tertiary/aromatic N) is 2. The fourth-order valence-corrected chi connectivity index (χ4v) is 6.41. The maximum absolute atomic E-state index is 13.6. The molecule has 0 bridgehead atoms. The predicted octanol–water partition coefficient (Wildman–Crippen LogP) is 3.94. The van der Waals surface area contributed by atoms with Crippen molar-refractivity contribution in [3.63, 3.8) is 0 Å². The maximum Gasteiger partial charge on any atom is 0.321 e. The van der Waals surface area contributed by atoms with Gasteiger partial charge in [0.05, 0.1) is 31.9 Å². The van der Waals surface area contributed by atoms with Crippen molar-refractivity contribution in [1.82, 2.24) is 9.80 Å². The molecule has 11 nitrogen and oxygen atoms in total. The number of aliphatic hydroxyl groups is 1. The van der Waals surface area contributed by atoms with Gasteiger partial charge in [-0.1, -0.05) is 13.0 Å². The van der Waals surface area contributed by atoms with Crippen LogP contribution in [-0.2, 0) is 10.0 Å². The van der Waals surface area contributed by atoms with Gasteiger partial charge in [0.25, 0.3) is 15.9 Å². The number of hydrogen-bond donors (Lipinski definition) is 3. The first kappa shape index (κ1) is 30.2. The van der Waals surface area contributed by atoms with Crippen molar-refractivity contribution in [1.29, 1.82) is 0 Å². The van der Waals surface area contributed by atoms with Gasteiger partial charge in [0.15, 0.2) is 0 Å². The van der Waals surface area contributed by atoms with Crippen LogP contribution in [0.2, 0.25) is 0 Å². The molecule has 3 N–H and O–H groups in total. The van der Waals surface area contributed by atoms with Crippen LogP contribution in [0.1, 0.15) is 24.2 Å². The van der Waals surface area contributed by atoms with Crippen LogP contribution >= 0.6 is 11.3 Å². The summed E-state index contributed by atoms with van der Waals surface area (Å²) in [5.74, 6) is 0.319. The summed E-state index contributed by atoms with van der Waals surface area (Å²) in [6, 6.07) is 13.8. The standard InChI is InChI=1S/C28H34N4O7S2/c1-18-15-32(19(2)17-33)27(34)23-14-21(30-41(36,37)26-6-5-13-40-26)9-12-24(23)39-25(18)16-31(3)28(35)29-20-7-10-22(38-4)11-8-20/h5-14,18-19,25,30,33H,15-17H2,1-4H3,(H,29,35)/t18-,19+,25+/m0/s1. The lowest BCUT2D eigenvalue weighted by molar-refractivity contribution is 0.0371. The molecule has 13 heteroatoms. The predicted molar refractivity (Wildman–Crippen MR) is 157 cm³/mol. The van der Waals surface area contributed by atoms with Crippen molar-refractivity contribution < 1.29 is 32.6 Å². The molecule has 4 rings (SSSR count). The van der Waals surface area contributed by atoms with E-state index in [2.05, 4.69) is 10.0 Å². The van der Waals surface area contributed by atoms with Gasteiger partial charge < -0.3 is 29.7 Å². The number of aliphatic hydroxyl groups excluding tert-OH is 1. The second-order valence-electron chi connectivity index (χ2n) is 9.91. The molecule has 0 radical (unpaired) electrons. The van der Waals surface area contributed by atoms with E-state index in [1.807, 2.05) is 6.92 Å². The van der Waals surface area contributed by atoms with E-state index in [1.54, 1.807) is 67.8 Å². The van der Waals surface area contributed by atoms with Crippen molar-refractivity contribution in [3.8, 4) is 11.5 Å². The van der Waals surface area contributed by atoms with E-state index in [9.17, 15) is 23.1 Å². The van der Waals surface area contributed by atoms with Crippen LogP contribution in [0, 0.1) is 5.92 Å². The number of anilines is 2. The number of rotatable bonds is 9. The quantitative estimate of drug-likeness (QED) is 0.337. The van der Waals surface area contributed by atoms with Gasteiger partial charge in [-0.15, -0.1) is 11.3 Å². The minimum absolute atomic E-state index is 0.146. The number of urea groups is 1. The second kappa shape index (κ2) is 12.8. The molecular weight excluding hydrogens is 568 g/mol. The molecule has 0 unspecified atom stereocenters. The SMILES string of the molecule is COc1ccc(NC(=O)N(C)C[C@H]2Oc3ccc(NS(=O)(=O)c4cccs4)cc3C(=O)N([C@H](C)CO)C[C@@H]2C)cc1. The van der Waals surface area contributed by atoms with E-state index in [0.717, 1.165) is 11.3 Å². The number of methoxy groups -OCH3 is 1. The molecule has 0 spiro atoms. The molecule has 1 aliphatic heterocycles. The van der Waals surface area contributed by atoms with Crippen molar-refractivity contribution in [2.24, 2.45) is 5.92 Å². The summed E-state index contributed by atoms with van der Waals surface area (Å²) in [6.45, 7) is 3.85. The third-order valence-corrected chi connectivity index (χ3v) is 9.60. The number of benzene rings is 2. The number of ether oxygens (including phenoxy) is 2. The molecule has 220 valence electrons. The largest absolute Gasteiger partial charge is 0.497 e. The van der Waals surface area contributed by atoms with E-state index in [-0.39, 0.29) is 52.9 Å². The number of carbonyl (C=O) groups excluding carboxylic acids is 2. The number of hydrogen-bond acceptors (Lipinski definition) is 8. The number of likely N-dealkylation sites (N-methyl/N-ethyl adjacent to an activating group) is 1. The lowest BCUT2D eigenvalue weighted by atomic mass is 9.99. The average molecular weight is 603 g/mol. The van der Waals surface area contributed by atoms with Gasteiger partial charge in [0.1, 0.15) is 21.8 Å². The molecule has 0 fully saturated rings. The van der Waals surface area contributed by atoms with Crippen LogP contribution < -0.4 is 19.5 Å². The summed E-state index contributed by atoms with van der Waals surface area (Å²) in [5, 5.41) is 14.4. The minimum atomic E-state index is -3.83. The lowest BCUT2D eigenvalue weighted by Gasteiger charge is -2.38. The van der Waals surface area contributed by atoms with Crippen molar-refractivity contribution in [2.45, 2.75) is 30.2 Å². The number of thiophene rings is 1. The van der Waals surface area contributed by atoms with E-state index < -0.39 is 28.1 Å². The molecule has 1 aliphatic rings. The summed E-state index contributed by atoms with van der Waals surface area (Å²) < 4.78 is 39.7. The highest BCUT2D eigenvalue weighted by atomic mass is 32.2. The normalized spacial score (nSPS) is 17.9. The first-order valence-electron chi connectivity index (χ1n) is 13.0. The number of carbonyl (C=O) groups is 2. The number of nitrogens with one attached hydrogen (secondary N) is 2. The highest BCUT2D eigenvalue weighted by Crippen LogP contribution is 2.32. The number of amides is 3. The van der Waals surface area contributed by atoms with E-state index >= 15 is 0 Å². The molecule has 3 aromatic rings. The lowest BCUT2D eigenvalue weighted by Crippen LogP contribution is -2.50. The van der Waals surface area contributed by atoms with Crippen molar-refractivity contribution >= 4 is 44.7 Å². The Morgan fingerprint density at radius 2 is 1.93 bits per heavy atom. The Bertz CT molecular complexity index is 1460. The summed E-state index contributed by atoms with van der Waals surface area (Å²) in [6.07, 6.45) is -0.518. The summed E-state index contributed by atoms with van der Waals surface area (Å²) in [4.78, 5) is 29.7. The van der Waals surface area contributed by atoms with Gasteiger partial charge >= 0.3 is 6.03 Å². The Labute approximate surface area is 243 Å². The summed E-state index contributed by atoms with van der Waals surface area (Å²) >= 11 is 1.08. The molecule has 0 aliphatic carbocycles. The molecule has 3 amide bonds. The monoisotopic (exact) mass is 602 g/mol. The molecule has 0 saturated carbocycles. The highest BCUT2D eigenvalue weighted by molar-refractivity contribution is 7.94. The van der Waals surface area contributed by atoms with E-state index in [4.69, 9.17) is 9.47 Å². The van der Waals surface area contributed by atoms with Crippen LogP contribution in [0.25, 0.3) is 0 Å². The minimum Gasteiger partial charge on any atom is -0.497 e. The molecule has 1 aromatic heterocycles. The topological polar surface area (TPSA) is 138 Å². The zero-order chi connectivity index (χ0) is 29.7.